The Morgan fingerprint density at radius 1 is 1.00 bits per heavy atom. The van der Waals surface area contributed by atoms with E-state index in [4.69, 9.17) is 12.2 Å². The van der Waals surface area contributed by atoms with Gasteiger partial charge < -0.3 is 5.32 Å². The highest BCUT2D eigenvalue weighted by Crippen LogP contribution is 2.13. The highest BCUT2D eigenvalue weighted by Gasteiger charge is 2.11. The van der Waals surface area contributed by atoms with E-state index < -0.39 is 11.6 Å². The molecule has 0 heterocycles. The van der Waals surface area contributed by atoms with Crippen LogP contribution in [-0.4, -0.2) is 10.8 Å². The van der Waals surface area contributed by atoms with Crippen molar-refractivity contribution in [2.75, 3.05) is 5.32 Å². The molecular formula is C15H12F3N3S. The molecule has 114 valence electrons. The van der Waals surface area contributed by atoms with E-state index in [9.17, 15) is 13.2 Å². The molecule has 0 aromatic heterocycles. The van der Waals surface area contributed by atoms with Crippen LogP contribution >= 0.6 is 12.2 Å². The van der Waals surface area contributed by atoms with Crippen molar-refractivity contribution in [1.29, 1.82) is 0 Å². The number of anilines is 1. The average Bonchev–Trinajstić information content (AvgIpc) is 2.47. The van der Waals surface area contributed by atoms with Gasteiger partial charge in [0.15, 0.2) is 5.11 Å². The van der Waals surface area contributed by atoms with E-state index >= 15 is 0 Å². The zero-order chi connectivity index (χ0) is 16.1. The van der Waals surface area contributed by atoms with Gasteiger partial charge in [-0.1, -0.05) is 6.07 Å². The highest BCUT2D eigenvalue weighted by molar-refractivity contribution is 7.80. The smallest absolute Gasteiger partial charge is 0.191 e. The van der Waals surface area contributed by atoms with E-state index in [1.807, 2.05) is 0 Å². The third-order valence-electron chi connectivity index (χ3n) is 2.75. The molecule has 0 unspecified atom stereocenters. The quantitative estimate of drug-likeness (QED) is 0.512. The Balaban J connectivity index is 2.04. The van der Waals surface area contributed by atoms with Crippen LogP contribution in [-0.2, 0) is 0 Å². The van der Waals surface area contributed by atoms with Gasteiger partial charge in [0.2, 0.25) is 0 Å². The molecule has 0 spiro atoms. The third kappa shape index (κ3) is 4.05. The van der Waals surface area contributed by atoms with Gasteiger partial charge in [-0.15, -0.1) is 0 Å². The fraction of sp³-hybridized carbons (Fsp3) is 0.0667. The maximum Gasteiger partial charge on any atom is 0.191 e. The summed E-state index contributed by atoms with van der Waals surface area (Å²) in [6.07, 6.45) is 0. The number of hydrazone groups is 1. The van der Waals surface area contributed by atoms with Crippen molar-refractivity contribution in [2.24, 2.45) is 5.10 Å². The van der Waals surface area contributed by atoms with Gasteiger partial charge in [-0.05, 0) is 55.5 Å². The molecule has 0 saturated carbocycles. The molecule has 0 saturated heterocycles. The molecule has 3 nitrogen and oxygen atoms in total. The average molecular weight is 323 g/mol. The summed E-state index contributed by atoms with van der Waals surface area (Å²) in [4.78, 5) is 0. The van der Waals surface area contributed by atoms with Crippen molar-refractivity contribution < 1.29 is 13.2 Å². The molecule has 0 radical (unpaired) electrons. The van der Waals surface area contributed by atoms with Gasteiger partial charge in [-0.25, -0.2) is 13.2 Å². The zero-order valence-electron chi connectivity index (χ0n) is 11.5. The molecule has 0 amide bonds. The normalized spacial score (nSPS) is 11.2. The minimum Gasteiger partial charge on any atom is -0.331 e. The zero-order valence-corrected chi connectivity index (χ0v) is 12.3. The SMILES string of the molecule is C/C(=N/NC(=S)Nc1ccc(F)cc1)c1c(F)cccc1F. The first-order chi connectivity index (χ1) is 10.5. The Morgan fingerprint density at radius 3 is 2.18 bits per heavy atom. The summed E-state index contributed by atoms with van der Waals surface area (Å²) in [5.41, 5.74) is 2.93. The first-order valence-electron chi connectivity index (χ1n) is 6.28. The first-order valence-corrected chi connectivity index (χ1v) is 6.69. The summed E-state index contributed by atoms with van der Waals surface area (Å²) >= 11 is 4.99. The van der Waals surface area contributed by atoms with Crippen LogP contribution < -0.4 is 10.7 Å². The van der Waals surface area contributed by atoms with Gasteiger partial charge in [-0.2, -0.15) is 5.10 Å². The van der Waals surface area contributed by atoms with Crippen LogP contribution in [0.25, 0.3) is 0 Å². The Labute approximate surface area is 130 Å². The summed E-state index contributed by atoms with van der Waals surface area (Å²) < 4.78 is 39.9. The molecule has 0 bridgehead atoms. The van der Waals surface area contributed by atoms with Crippen LogP contribution in [0.2, 0.25) is 0 Å². The van der Waals surface area contributed by atoms with Crippen LogP contribution in [0.1, 0.15) is 12.5 Å². The molecule has 22 heavy (non-hydrogen) atoms. The maximum absolute atomic E-state index is 13.6. The predicted molar refractivity (Wildman–Crippen MR) is 84.3 cm³/mol. The fourth-order valence-electron chi connectivity index (χ4n) is 1.73. The number of benzene rings is 2. The van der Waals surface area contributed by atoms with E-state index in [1.54, 1.807) is 0 Å². The third-order valence-corrected chi connectivity index (χ3v) is 2.95. The number of hydrogen-bond donors (Lipinski definition) is 2. The minimum atomic E-state index is -0.708. The van der Waals surface area contributed by atoms with Crippen molar-refractivity contribution in [2.45, 2.75) is 6.92 Å². The molecule has 7 heteroatoms. The molecular weight excluding hydrogens is 311 g/mol. The molecule has 0 aliphatic heterocycles. The van der Waals surface area contributed by atoms with E-state index in [-0.39, 0.29) is 22.2 Å². The van der Waals surface area contributed by atoms with Gasteiger partial charge in [-0.3, -0.25) is 5.43 Å². The van der Waals surface area contributed by atoms with Gasteiger partial charge in [0.1, 0.15) is 17.5 Å². The van der Waals surface area contributed by atoms with E-state index in [0.29, 0.717) is 5.69 Å². The summed E-state index contributed by atoms with van der Waals surface area (Å²) in [5.74, 6) is -1.78. The fourth-order valence-corrected chi connectivity index (χ4v) is 1.89. The van der Waals surface area contributed by atoms with E-state index in [1.165, 1.54) is 37.3 Å². The predicted octanol–water partition coefficient (Wildman–Crippen LogP) is 3.81. The molecule has 2 aromatic carbocycles. The van der Waals surface area contributed by atoms with Crippen molar-refractivity contribution in [1.82, 2.24) is 5.43 Å². The van der Waals surface area contributed by atoms with Gasteiger partial charge in [0.05, 0.1) is 11.3 Å². The number of thiocarbonyl (C=S) groups is 1. The molecule has 2 N–H and O–H groups in total. The number of hydrogen-bond acceptors (Lipinski definition) is 2. The highest BCUT2D eigenvalue weighted by atomic mass is 32.1. The maximum atomic E-state index is 13.6. The lowest BCUT2D eigenvalue weighted by atomic mass is 10.1. The van der Waals surface area contributed by atoms with Crippen LogP contribution in [0.15, 0.2) is 47.6 Å². The lowest BCUT2D eigenvalue weighted by Crippen LogP contribution is -2.25. The number of nitrogens with zero attached hydrogens (tertiary/aromatic N) is 1. The minimum absolute atomic E-state index is 0.110. The molecule has 2 aromatic rings. The Hall–Kier alpha value is -2.41. The van der Waals surface area contributed by atoms with Crippen LogP contribution in [0, 0.1) is 17.5 Å². The number of nitrogens with one attached hydrogen (secondary N) is 2. The summed E-state index contributed by atoms with van der Waals surface area (Å²) in [6.45, 7) is 1.45. The summed E-state index contributed by atoms with van der Waals surface area (Å²) in [6, 6.07) is 9.10. The second-order valence-corrected chi connectivity index (χ2v) is 4.77. The Morgan fingerprint density at radius 2 is 1.59 bits per heavy atom. The Bertz CT molecular complexity index is 694. The lowest BCUT2D eigenvalue weighted by Gasteiger charge is -2.08. The van der Waals surface area contributed by atoms with Crippen LogP contribution in [0.5, 0.6) is 0 Å². The molecule has 0 atom stereocenters. The van der Waals surface area contributed by atoms with Crippen molar-refractivity contribution >= 4 is 28.7 Å². The number of rotatable bonds is 3. The van der Waals surface area contributed by atoms with Gasteiger partial charge in [0.25, 0.3) is 0 Å². The topological polar surface area (TPSA) is 36.4 Å². The van der Waals surface area contributed by atoms with E-state index in [2.05, 4.69) is 15.8 Å². The molecule has 0 fully saturated rings. The van der Waals surface area contributed by atoms with E-state index in [0.717, 1.165) is 12.1 Å². The first kappa shape index (κ1) is 16.0. The largest absolute Gasteiger partial charge is 0.331 e. The molecule has 0 aliphatic rings. The molecule has 0 aliphatic carbocycles. The molecule has 2 rings (SSSR count). The van der Waals surface area contributed by atoms with Crippen LogP contribution in [0.4, 0.5) is 18.9 Å². The van der Waals surface area contributed by atoms with Crippen molar-refractivity contribution in [3.63, 3.8) is 0 Å². The van der Waals surface area contributed by atoms with Crippen LogP contribution in [0.3, 0.4) is 0 Å². The summed E-state index contributed by atoms with van der Waals surface area (Å²) in [7, 11) is 0. The summed E-state index contributed by atoms with van der Waals surface area (Å²) in [5, 5.41) is 6.72. The standard InChI is InChI=1S/C15H12F3N3S/c1-9(14-12(17)3-2-4-13(14)18)20-21-15(22)19-11-7-5-10(16)6-8-11/h2-8H,1H3,(H2,19,21,22)/b20-9-. The Kier molecular flexibility index (Phi) is 5.11. The lowest BCUT2D eigenvalue weighted by molar-refractivity contribution is 0.578. The second-order valence-electron chi connectivity index (χ2n) is 4.37. The monoisotopic (exact) mass is 323 g/mol. The van der Waals surface area contributed by atoms with Crippen molar-refractivity contribution in [3.05, 3.63) is 65.5 Å². The van der Waals surface area contributed by atoms with Gasteiger partial charge in [0, 0.05) is 5.69 Å². The second kappa shape index (κ2) is 7.04. The van der Waals surface area contributed by atoms with Crippen molar-refractivity contribution in [3.8, 4) is 0 Å². The number of halogens is 3. The van der Waals surface area contributed by atoms with Gasteiger partial charge >= 0.3 is 0 Å².